The van der Waals surface area contributed by atoms with Crippen LogP contribution in [0.4, 0.5) is 0 Å². The minimum Gasteiger partial charge on any atom is -0.480 e. The van der Waals surface area contributed by atoms with E-state index in [0.29, 0.717) is 6.42 Å². The van der Waals surface area contributed by atoms with Crippen molar-refractivity contribution < 1.29 is 24.2 Å². The zero-order valence-corrected chi connectivity index (χ0v) is 9.77. The highest BCUT2D eigenvalue weighted by Gasteiger charge is 2.20. The number of carbonyl (C=O) groups excluding carboxylic acids is 2. The SMILES string of the molecule is C=CCCC(=O)N[C@H](CCC(=O)OC)C(=O)O. The number of carboxylic acids is 1. The van der Waals surface area contributed by atoms with Crippen molar-refractivity contribution in [3.05, 3.63) is 12.7 Å². The van der Waals surface area contributed by atoms with Crippen molar-refractivity contribution in [3.8, 4) is 0 Å². The van der Waals surface area contributed by atoms with Crippen LogP contribution in [0.3, 0.4) is 0 Å². The van der Waals surface area contributed by atoms with E-state index in [1.165, 1.54) is 7.11 Å². The number of amides is 1. The highest BCUT2D eigenvalue weighted by atomic mass is 16.5. The average molecular weight is 243 g/mol. The Morgan fingerprint density at radius 2 is 2.06 bits per heavy atom. The monoisotopic (exact) mass is 243 g/mol. The van der Waals surface area contributed by atoms with Gasteiger partial charge in [0.1, 0.15) is 6.04 Å². The van der Waals surface area contributed by atoms with E-state index in [2.05, 4.69) is 16.6 Å². The lowest BCUT2D eigenvalue weighted by atomic mass is 10.1. The number of esters is 1. The fourth-order valence-electron chi connectivity index (χ4n) is 1.12. The summed E-state index contributed by atoms with van der Waals surface area (Å²) in [5.41, 5.74) is 0. The maximum absolute atomic E-state index is 11.3. The Balaban J connectivity index is 4.15. The first-order chi connectivity index (χ1) is 8.01. The van der Waals surface area contributed by atoms with Crippen molar-refractivity contribution in [1.29, 1.82) is 0 Å². The molecule has 0 aliphatic carbocycles. The molecule has 0 aromatic carbocycles. The van der Waals surface area contributed by atoms with Gasteiger partial charge in [0.15, 0.2) is 0 Å². The first kappa shape index (κ1) is 15.2. The van der Waals surface area contributed by atoms with E-state index in [1.54, 1.807) is 6.08 Å². The van der Waals surface area contributed by atoms with Crippen LogP contribution in [-0.2, 0) is 19.1 Å². The predicted molar refractivity (Wildman–Crippen MR) is 60.2 cm³/mol. The number of methoxy groups -OCH3 is 1. The Bertz CT molecular complexity index is 300. The average Bonchev–Trinajstić information content (AvgIpc) is 2.30. The number of ether oxygens (including phenoxy) is 1. The van der Waals surface area contributed by atoms with Crippen LogP contribution in [0.2, 0.25) is 0 Å². The van der Waals surface area contributed by atoms with Gasteiger partial charge in [0, 0.05) is 12.8 Å². The van der Waals surface area contributed by atoms with Crippen molar-refractivity contribution >= 4 is 17.8 Å². The molecule has 0 aromatic heterocycles. The maximum atomic E-state index is 11.3. The van der Waals surface area contributed by atoms with Crippen LogP contribution in [0, 0.1) is 0 Å². The molecular formula is C11H17NO5. The molecule has 0 aliphatic heterocycles. The fraction of sp³-hybridized carbons (Fsp3) is 0.545. The van der Waals surface area contributed by atoms with E-state index in [0.717, 1.165) is 0 Å². The Morgan fingerprint density at radius 3 is 2.53 bits per heavy atom. The standard InChI is InChI=1S/C11H17NO5/c1-3-4-5-9(13)12-8(11(15)16)6-7-10(14)17-2/h3,8H,1,4-7H2,2H3,(H,12,13)(H,15,16)/t8-/m1/s1. The third-order valence-corrected chi connectivity index (χ3v) is 2.07. The lowest BCUT2D eigenvalue weighted by Crippen LogP contribution is -2.41. The molecule has 96 valence electrons. The minimum absolute atomic E-state index is 0.0157. The number of hydrogen-bond donors (Lipinski definition) is 2. The molecule has 17 heavy (non-hydrogen) atoms. The maximum Gasteiger partial charge on any atom is 0.326 e. The third-order valence-electron chi connectivity index (χ3n) is 2.07. The molecule has 1 amide bonds. The summed E-state index contributed by atoms with van der Waals surface area (Å²) >= 11 is 0. The predicted octanol–water partition coefficient (Wildman–Crippen LogP) is 0.475. The van der Waals surface area contributed by atoms with E-state index in [4.69, 9.17) is 5.11 Å². The van der Waals surface area contributed by atoms with Gasteiger partial charge in [0.05, 0.1) is 7.11 Å². The molecule has 1 atom stereocenters. The van der Waals surface area contributed by atoms with E-state index in [9.17, 15) is 14.4 Å². The van der Waals surface area contributed by atoms with E-state index < -0.39 is 18.0 Å². The van der Waals surface area contributed by atoms with Gasteiger partial charge in [-0.05, 0) is 12.8 Å². The van der Waals surface area contributed by atoms with Gasteiger partial charge >= 0.3 is 11.9 Å². The molecule has 2 N–H and O–H groups in total. The summed E-state index contributed by atoms with van der Waals surface area (Å²) in [5, 5.41) is 11.2. The van der Waals surface area contributed by atoms with Crippen molar-refractivity contribution in [3.63, 3.8) is 0 Å². The number of nitrogens with one attached hydrogen (secondary N) is 1. The van der Waals surface area contributed by atoms with Crippen LogP contribution in [-0.4, -0.2) is 36.1 Å². The van der Waals surface area contributed by atoms with Crippen LogP contribution in [0.25, 0.3) is 0 Å². The van der Waals surface area contributed by atoms with Gasteiger partial charge in [-0.3, -0.25) is 9.59 Å². The summed E-state index contributed by atoms with van der Waals surface area (Å²) < 4.78 is 4.39. The van der Waals surface area contributed by atoms with Gasteiger partial charge < -0.3 is 15.2 Å². The van der Waals surface area contributed by atoms with Gasteiger partial charge in [0.2, 0.25) is 5.91 Å². The number of carbonyl (C=O) groups is 3. The number of allylic oxidation sites excluding steroid dienone is 1. The van der Waals surface area contributed by atoms with E-state index in [-0.39, 0.29) is 25.2 Å². The van der Waals surface area contributed by atoms with Gasteiger partial charge in [-0.15, -0.1) is 6.58 Å². The molecule has 0 aliphatic rings. The molecule has 6 heteroatoms. The van der Waals surface area contributed by atoms with Crippen LogP contribution < -0.4 is 5.32 Å². The molecule has 0 radical (unpaired) electrons. The van der Waals surface area contributed by atoms with Crippen LogP contribution >= 0.6 is 0 Å². The van der Waals surface area contributed by atoms with Crippen LogP contribution in [0.5, 0.6) is 0 Å². The third kappa shape index (κ3) is 7.10. The van der Waals surface area contributed by atoms with Crippen molar-refractivity contribution in [2.24, 2.45) is 0 Å². The Hall–Kier alpha value is -1.85. The van der Waals surface area contributed by atoms with Gasteiger partial charge in [-0.1, -0.05) is 6.08 Å². The van der Waals surface area contributed by atoms with Crippen molar-refractivity contribution in [2.45, 2.75) is 31.7 Å². The quantitative estimate of drug-likeness (QED) is 0.477. The molecule has 0 unspecified atom stereocenters. The molecule has 0 saturated heterocycles. The number of rotatable bonds is 8. The highest BCUT2D eigenvalue weighted by Crippen LogP contribution is 2.01. The first-order valence-corrected chi connectivity index (χ1v) is 5.21. The van der Waals surface area contributed by atoms with Gasteiger partial charge in [-0.25, -0.2) is 4.79 Å². The molecule has 0 rings (SSSR count). The summed E-state index contributed by atoms with van der Waals surface area (Å²) in [4.78, 5) is 33.0. The molecule has 0 spiro atoms. The van der Waals surface area contributed by atoms with Crippen molar-refractivity contribution in [1.82, 2.24) is 5.32 Å². The summed E-state index contributed by atoms with van der Waals surface area (Å²) in [5.74, 6) is -2.04. The number of carboxylic acid groups (broad SMARTS) is 1. The zero-order valence-electron chi connectivity index (χ0n) is 9.77. The summed E-state index contributed by atoms with van der Waals surface area (Å²) in [6.45, 7) is 3.46. The second-order valence-corrected chi connectivity index (χ2v) is 3.40. The van der Waals surface area contributed by atoms with Crippen LogP contribution in [0.1, 0.15) is 25.7 Å². The molecule has 0 heterocycles. The van der Waals surface area contributed by atoms with Crippen LogP contribution in [0.15, 0.2) is 12.7 Å². The summed E-state index contributed by atoms with van der Waals surface area (Å²) in [6, 6.07) is -1.06. The second kappa shape index (κ2) is 8.32. The van der Waals surface area contributed by atoms with E-state index >= 15 is 0 Å². The second-order valence-electron chi connectivity index (χ2n) is 3.40. The molecule has 0 aromatic rings. The normalized spacial score (nSPS) is 11.4. The summed E-state index contributed by atoms with van der Waals surface area (Å²) in [6.07, 6.45) is 2.21. The Labute approximate surface area is 99.6 Å². The van der Waals surface area contributed by atoms with Crippen molar-refractivity contribution in [2.75, 3.05) is 7.11 Å². The Morgan fingerprint density at radius 1 is 1.41 bits per heavy atom. The van der Waals surface area contributed by atoms with Gasteiger partial charge in [-0.2, -0.15) is 0 Å². The largest absolute Gasteiger partial charge is 0.480 e. The number of hydrogen-bond acceptors (Lipinski definition) is 4. The highest BCUT2D eigenvalue weighted by molar-refractivity contribution is 5.84. The summed E-state index contributed by atoms with van der Waals surface area (Å²) in [7, 11) is 1.22. The topological polar surface area (TPSA) is 92.7 Å². The van der Waals surface area contributed by atoms with Gasteiger partial charge in [0.25, 0.3) is 0 Å². The minimum atomic E-state index is -1.17. The Kier molecular flexibility index (Phi) is 7.41. The molecular weight excluding hydrogens is 226 g/mol. The molecule has 0 bridgehead atoms. The first-order valence-electron chi connectivity index (χ1n) is 5.21. The molecule has 0 saturated carbocycles. The lowest BCUT2D eigenvalue weighted by Gasteiger charge is -2.13. The van der Waals surface area contributed by atoms with E-state index in [1.807, 2.05) is 0 Å². The zero-order chi connectivity index (χ0) is 13.3. The molecule has 0 fully saturated rings. The lowest BCUT2D eigenvalue weighted by molar-refractivity contribution is -0.144. The smallest absolute Gasteiger partial charge is 0.326 e. The fourth-order valence-corrected chi connectivity index (χ4v) is 1.12. The number of aliphatic carboxylic acids is 1. The molecule has 6 nitrogen and oxygen atoms in total.